The molecule has 2 atom stereocenters. The van der Waals surface area contributed by atoms with E-state index >= 15 is 0 Å². The van der Waals surface area contributed by atoms with E-state index in [4.69, 9.17) is 9.47 Å². The van der Waals surface area contributed by atoms with Crippen LogP contribution in [-0.4, -0.2) is 39.9 Å². The predicted octanol–water partition coefficient (Wildman–Crippen LogP) is 1.77. The Balaban J connectivity index is 1.66. The van der Waals surface area contributed by atoms with E-state index in [0.717, 1.165) is 23.1 Å². The summed E-state index contributed by atoms with van der Waals surface area (Å²) in [5.74, 6) is 1.14. The molecule has 6 nitrogen and oxygen atoms in total. The summed E-state index contributed by atoms with van der Waals surface area (Å²) in [6.07, 6.45) is 7.14. The Kier molecular flexibility index (Phi) is 2.68. The topological polar surface area (TPSA) is 60.7 Å². The molecule has 7 heteroatoms. The van der Waals surface area contributed by atoms with Crippen LogP contribution in [0.5, 0.6) is 11.6 Å². The van der Waals surface area contributed by atoms with Crippen molar-refractivity contribution >= 4 is 21.6 Å². The molecule has 2 aromatic rings. The Morgan fingerprint density at radius 3 is 3.20 bits per heavy atom. The second kappa shape index (κ2) is 4.33. The maximum Gasteiger partial charge on any atom is 0.261 e. The summed E-state index contributed by atoms with van der Waals surface area (Å²) in [5, 5.41) is 7.73. The van der Waals surface area contributed by atoms with Crippen molar-refractivity contribution in [2.75, 3.05) is 13.7 Å². The lowest BCUT2D eigenvalue weighted by molar-refractivity contribution is 0.240. The fourth-order valence-electron chi connectivity index (χ4n) is 2.92. The molecule has 2 fully saturated rings. The Morgan fingerprint density at radius 1 is 1.55 bits per heavy atom. The number of ether oxygens (including phenoxy) is 2. The van der Waals surface area contributed by atoms with Crippen LogP contribution in [-0.2, 0) is 0 Å². The first kappa shape index (κ1) is 12.4. The lowest BCUT2D eigenvalue weighted by Crippen LogP contribution is -2.29. The van der Waals surface area contributed by atoms with Gasteiger partial charge in [-0.3, -0.25) is 0 Å². The number of halogens is 1. The molecule has 20 heavy (non-hydrogen) atoms. The van der Waals surface area contributed by atoms with Gasteiger partial charge in [-0.15, -0.1) is 0 Å². The van der Waals surface area contributed by atoms with Crippen molar-refractivity contribution in [3.05, 3.63) is 16.9 Å². The highest BCUT2D eigenvalue weighted by Crippen LogP contribution is 2.46. The zero-order valence-corrected chi connectivity index (χ0v) is 12.7. The normalized spacial score (nSPS) is 28.2. The number of hydrogen-bond acceptors (Lipinski definition) is 5. The molecule has 0 amide bonds. The molecule has 0 aromatic carbocycles. The first-order chi connectivity index (χ1) is 9.72. The Hall–Kier alpha value is -1.34. The van der Waals surface area contributed by atoms with Crippen molar-refractivity contribution in [1.29, 1.82) is 0 Å². The van der Waals surface area contributed by atoms with Gasteiger partial charge in [-0.1, -0.05) is 0 Å². The number of nitrogens with one attached hydrogen (secondary N) is 1. The molecule has 2 aromatic heterocycles. The van der Waals surface area contributed by atoms with Gasteiger partial charge in [0.15, 0.2) is 11.4 Å². The van der Waals surface area contributed by atoms with Crippen LogP contribution in [0.15, 0.2) is 16.9 Å². The number of methoxy groups -OCH3 is 1. The van der Waals surface area contributed by atoms with Crippen molar-refractivity contribution in [2.24, 2.45) is 0 Å². The van der Waals surface area contributed by atoms with Crippen LogP contribution in [0.25, 0.3) is 5.65 Å². The van der Waals surface area contributed by atoms with Gasteiger partial charge in [0.1, 0.15) is 6.10 Å². The summed E-state index contributed by atoms with van der Waals surface area (Å²) in [7, 11) is 1.62. The molecule has 2 aliphatic rings. The van der Waals surface area contributed by atoms with Gasteiger partial charge in [-0.25, -0.2) is 4.52 Å². The largest absolute Gasteiger partial charge is 0.490 e. The van der Waals surface area contributed by atoms with Gasteiger partial charge in [0.25, 0.3) is 5.88 Å². The van der Waals surface area contributed by atoms with Gasteiger partial charge in [0.2, 0.25) is 0 Å². The molecule has 106 valence electrons. The van der Waals surface area contributed by atoms with Gasteiger partial charge in [0.05, 0.1) is 29.5 Å². The third-order valence-corrected chi connectivity index (χ3v) is 4.70. The molecule has 1 saturated carbocycles. The van der Waals surface area contributed by atoms with Crippen LogP contribution in [0.1, 0.15) is 19.3 Å². The minimum absolute atomic E-state index is 0.177. The van der Waals surface area contributed by atoms with E-state index in [1.807, 2.05) is 0 Å². The van der Waals surface area contributed by atoms with Crippen molar-refractivity contribution < 1.29 is 9.47 Å². The maximum absolute atomic E-state index is 6.06. The van der Waals surface area contributed by atoms with Crippen LogP contribution >= 0.6 is 15.9 Å². The summed E-state index contributed by atoms with van der Waals surface area (Å²) in [5.41, 5.74) is 0.908. The monoisotopic (exact) mass is 338 g/mol. The van der Waals surface area contributed by atoms with Gasteiger partial charge in [-0.2, -0.15) is 10.1 Å². The standard InChI is InChI=1S/C13H15BrN4O2/c1-19-9-7-18-11(8(14)6-16-18)17-12(9)20-10-5-13(10)3-2-4-15-13/h6-7,10,15H,2-5H2,1H3/t10-,13+/m1/s1. The van der Waals surface area contributed by atoms with Crippen molar-refractivity contribution in [2.45, 2.75) is 30.9 Å². The van der Waals surface area contributed by atoms with Crippen LogP contribution < -0.4 is 14.8 Å². The number of aromatic nitrogens is 3. The smallest absolute Gasteiger partial charge is 0.261 e. The summed E-state index contributed by atoms with van der Waals surface area (Å²) in [4.78, 5) is 4.52. The van der Waals surface area contributed by atoms with E-state index in [9.17, 15) is 0 Å². The zero-order chi connectivity index (χ0) is 13.7. The maximum atomic E-state index is 6.06. The van der Waals surface area contributed by atoms with Gasteiger partial charge < -0.3 is 14.8 Å². The van der Waals surface area contributed by atoms with E-state index in [-0.39, 0.29) is 11.6 Å². The molecular weight excluding hydrogens is 324 g/mol. The van der Waals surface area contributed by atoms with Gasteiger partial charge in [0, 0.05) is 6.42 Å². The van der Waals surface area contributed by atoms with Gasteiger partial charge >= 0.3 is 0 Å². The van der Waals surface area contributed by atoms with E-state index in [1.54, 1.807) is 24.0 Å². The van der Waals surface area contributed by atoms with Crippen LogP contribution in [0, 0.1) is 0 Å². The fourth-order valence-corrected chi connectivity index (χ4v) is 3.28. The van der Waals surface area contributed by atoms with Crippen LogP contribution in [0.3, 0.4) is 0 Å². The third-order valence-electron chi connectivity index (χ3n) is 4.14. The second-order valence-corrected chi connectivity index (χ2v) is 6.23. The van der Waals surface area contributed by atoms with E-state index in [2.05, 4.69) is 31.3 Å². The molecule has 1 aliphatic carbocycles. The minimum Gasteiger partial charge on any atom is -0.490 e. The quantitative estimate of drug-likeness (QED) is 0.924. The molecule has 1 aliphatic heterocycles. The molecule has 4 rings (SSSR count). The van der Waals surface area contributed by atoms with E-state index < -0.39 is 0 Å². The average Bonchev–Trinajstić information content (AvgIpc) is 2.77. The first-order valence-electron chi connectivity index (χ1n) is 6.71. The molecule has 0 radical (unpaired) electrons. The summed E-state index contributed by atoms with van der Waals surface area (Å²) in [6.45, 7) is 1.08. The highest BCUT2D eigenvalue weighted by Gasteiger charge is 2.58. The average molecular weight is 339 g/mol. The molecule has 1 spiro atoms. The molecule has 3 heterocycles. The Morgan fingerprint density at radius 2 is 2.45 bits per heavy atom. The highest BCUT2D eigenvalue weighted by atomic mass is 79.9. The highest BCUT2D eigenvalue weighted by molar-refractivity contribution is 9.10. The third kappa shape index (κ3) is 1.80. The van der Waals surface area contributed by atoms with Crippen LogP contribution in [0.2, 0.25) is 0 Å². The Labute approximate surface area is 124 Å². The number of nitrogens with zero attached hydrogens (tertiary/aromatic N) is 3. The SMILES string of the molecule is COc1cn2ncc(Br)c2nc1O[C@@H]1C[C@@]12CCCN2. The lowest BCUT2D eigenvalue weighted by atomic mass is 10.2. The van der Waals surface area contributed by atoms with Crippen LogP contribution in [0.4, 0.5) is 0 Å². The summed E-state index contributed by atoms with van der Waals surface area (Å²) < 4.78 is 13.9. The predicted molar refractivity (Wildman–Crippen MR) is 76.2 cm³/mol. The van der Waals surface area contributed by atoms with Crippen molar-refractivity contribution in [3.63, 3.8) is 0 Å². The zero-order valence-electron chi connectivity index (χ0n) is 11.1. The van der Waals surface area contributed by atoms with Crippen molar-refractivity contribution in [1.82, 2.24) is 19.9 Å². The number of hydrogen-bond donors (Lipinski definition) is 1. The fraction of sp³-hybridized carbons (Fsp3) is 0.538. The summed E-state index contributed by atoms with van der Waals surface area (Å²) >= 11 is 3.43. The van der Waals surface area contributed by atoms with E-state index in [1.165, 1.54) is 12.8 Å². The second-order valence-electron chi connectivity index (χ2n) is 5.37. The molecule has 1 N–H and O–H groups in total. The molecule has 1 saturated heterocycles. The molecule has 0 bridgehead atoms. The lowest BCUT2D eigenvalue weighted by Gasteiger charge is -2.13. The number of fused-ring (bicyclic) bond motifs is 1. The minimum atomic E-state index is 0.177. The number of rotatable bonds is 3. The molecular formula is C13H15BrN4O2. The summed E-state index contributed by atoms with van der Waals surface area (Å²) in [6, 6.07) is 0. The van der Waals surface area contributed by atoms with Gasteiger partial charge in [-0.05, 0) is 35.3 Å². The van der Waals surface area contributed by atoms with E-state index in [0.29, 0.717) is 11.6 Å². The first-order valence-corrected chi connectivity index (χ1v) is 7.51. The molecule has 0 unspecified atom stereocenters. The van der Waals surface area contributed by atoms with Crippen molar-refractivity contribution in [3.8, 4) is 11.6 Å². The Bertz CT molecular complexity index is 666.